The number of amides is 2. The third kappa shape index (κ3) is 4.49. The normalized spacial score (nSPS) is 19.9. The van der Waals surface area contributed by atoms with E-state index in [1.54, 1.807) is 18.2 Å². The maximum atomic E-state index is 12.0. The Morgan fingerprint density at radius 2 is 1.64 bits per heavy atom. The second-order valence-electron chi connectivity index (χ2n) is 10.2. The van der Waals surface area contributed by atoms with Gasteiger partial charge in [-0.2, -0.15) is 0 Å². The molecule has 0 atom stereocenters. The lowest BCUT2D eigenvalue weighted by molar-refractivity contribution is -0.131. The van der Waals surface area contributed by atoms with Crippen LogP contribution in [0.3, 0.4) is 0 Å². The topological polar surface area (TPSA) is 72.5 Å². The van der Waals surface area contributed by atoms with Crippen molar-refractivity contribution in [1.82, 2.24) is 5.32 Å². The van der Waals surface area contributed by atoms with Crippen molar-refractivity contribution in [3.05, 3.63) is 57.5 Å². The number of rotatable bonds is 3. The number of hydrogen-bond donors (Lipinski definition) is 1. The summed E-state index contributed by atoms with van der Waals surface area (Å²) in [5.41, 5.74) is 6.44. The number of carbonyl (C=O) groups excluding carboxylic acids is 3. The molecule has 1 fully saturated rings. The summed E-state index contributed by atoms with van der Waals surface area (Å²) in [4.78, 5) is 35.7. The summed E-state index contributed by atoms with van der Waals surface area (Å²) in [5.74, 6) is -0.319. The highest BCUT2D eigenvalue weighted by molar-refractivity contribution is 8.18. The monoisotopic (exact) mass is 463 g/mol. The first kappa shape index (κ1) is 23.3. The average molecular weight is 464 g/mol. The second kappa shape index (κ2) is 8.17. The molecule has 1 heterocycles. The lowest BCUT2D eigenvalue weighted by Gasteiger charge is -2.42. The van der Waals surface area contributed by atoms with Crippen molar-refractivity contribution in [2.24, 2.45) is 0 Å². The fourth-order valence-corrected chi connectivity index (χ4v) is 5.36. The molecule has 4 rings (SSSR count). The van der Waals surface area contributed by atoms with Crippen LogP contribution >= 0.6 is 11.8 Å². The van der Waals surface area contributed by atoms with Crippen molar-refractivity contribution >= 4 is 35.0 Å². The summed E-state index contributed by atoms with van der Waals surface area (Å²) in [7, 11) is 0. The van der Waals surface area contributed by atoms with Crippen LogP contribution in [-0.4, -0.2) is 17.1 Å². The molecule has 1 aliphatic heterocycles. The Bertz CT molecular complexity index is 1220. The summed E-state index contributed by atoms with van der Waals surface area (Å²) in [5, 5.41) is 1.90. The van der Waals surface area contributed by atoms with Gasteiger partial charge in [0.15, 0.2) is 0 Å². The van der Waals surface area contributed by atoms with E-state index in [1.165, 1.54) is 18.1 Å². The summed E-state index contributed by atoms with van der Waals surface area (Å²) in [6.45, 7) is 12.6. The SMILES string of the molecule is CC(=O)Oc1ccc(/C=C2/SC(=O)NC2=O)cc1-c1cc2c(cc1C)C(C)(C)CCC2(C)C. The molecule has 0 saturated carbocycles. The predicted octanol–water partition coefficient (Wildman–Crippen LogP) is 6.26. The van der Waals surface area contributed by atoms with E-state index in [0.29, 0.717) is 10.7 Å². The molecule has 0 radical (unpaired) electrons. The minimum absolute atomic E-state index is 0.0351. The van der Waals surface area contributed by atoms with Gasteiger partial charge in [0.25, 0.3) is 11.1 Å². The zero-order chi connectivity index (χ0) is 24.1. The van der Waals surface area contributed by atoms with Gasteiger partial charge in [-0.25, -0.2) is 0 Å². The van der Waals surface area contributed by atoms with E-state index in [9.17, 15) is 14.4 Å². The van der Waals surface area contributed by atoms with Crippen LogP contribution in [-0.2, 0) is 20.4 Å². The minimum atomic E-state index is -0.399. The fourth-order valence-electron chi connectivity index (χ4n) is 4.68. The maximum Gasteiger partial charge on any atom is 0.308 e. The van der Waals surface area contributed by atoms with Crippen LogP contribution in [0, 0.1) is 6.92 Å². The molecule has 1 N–H and O–H groups in total. The first-order chi connectivity index (χ1) is 15.4. The van der Waals surface area contributed by atoms with Crippen molar-refractivity contribution in [2.45, 2.75) is 65.2 Å². The smallest absolute Gasteiger partial charge is 0.308 e. The fraction of sp³-hybridized carbons (Fsp3) is 0.370. The minimum Gasteiger partial charge on any atom is -0.426 e. The molecule has 2 aromatic rings. The Morgan fingerprint density at radius 1 is 1.00 bits per heavy atom. The molecule has 33 heavy (non-hydrogen) atoms. The summed E-state index contributed by atoms with van der Waals surface area (Å²) in [6, 6.07) is 9.96. The Kier molecular flexibility index (Phi) is 5.77. The molecule has 2 aromatic carbocycles. The summed E-state index contributed by atoms with van der Waals surface area (Å²) in [6.07, 6.45) is 3.91. The summed E-state index contributed by atoms with van der Waals surface area (Å²) >= 11 is 0.882. The van der Waals surface area contributed by atoms with Crippen LogP contribution in [0.2, 0.25) is 0 Å². The Hall–Kier alpha value is -2.86. The molecule has 0 spiro atoms. The molecular formula is C27H29NO4S. The number of carbonyl (C=O) groups is 3. The van der Waals surface area contributed by atoms with E-state index in [-0.39, 0.29) is 16.1 Å². The Morgan fingerprint density at radius 3 is 2.21 bits per heavy atom. The first-order valence-electron chi connectivity index (χ1n) is 11.1. The van der Waals surface area contributed by atoms with Crippen molar-refractivity contribution in [3.63, 3.8) is 0 Å². The number of fused-ring (bicyclic) bond motifs is 1. The molecule has 5 nitrogen and oxygen atoms in total. The van der Waals surface area contributed by atoms with E-state index < -0.39 is 11.9 Å². The van der Waals surface area contributed by atoms with E-state index in [1.807, 2.05) is 6.07 Å². The maximum absolute atomic E-state index is 12.0. The quantitative estimate of drug-likeness (QED) is 0.330. The third-order valence-corrected chi connectivity index (χ3v) is 7.50. The highest BCUT2D eigenvalue weighted by Gasteiger charge is 2.37. The largest absolute Gasteiger partial charge is 0.426 e. The van der Waals surface area contributed by atoms with Crippen LogP contribution in [0.5, 0.6) is 5.75 Å². The Labute approximate surface area is 199 Å². The second-order valence-corrected chi connectivity index (χ2v) is 11.2. The molecular weight excluding hydrogens is 434 g/mol. The highest BCUT2D eigenvalue weighted by atomic mass is 32.2. The van der Waals surface area contributed by atoms with Gasteiger partial charge >= 0.3 is 5.97 Å². The van der Waals surface area contributed by atoms with Crippen molar-refractivity contribution in [3.8, 4) is 16.9 Å². The Balaban J connectivity index is 1.90. The van der Waals surface area contributed by atoms with Crippen LogP contribution in [0.1, 0.15) is 69.7 Å². The van der Waals surface area contributed by atoms with E-state index in [2.05, 4.69) is 52.1 Å². The number of thioether (sulfide) groups is 1. The molecule has 1 aliphatic carbocycles. The standard InChI is InChI=1S/C27H29NO4S/c1-15-11-20-21(27(5,6)10-9-26(20,3)4)14-18(15)19-12-17(7-8-22(19)32-16(2)29)13-23-24(30)28-25(31)33-23/h7-8,11-14H,9-10H2,1-6H3,(H,28,30,31)/b23-13+. The number of aryl methyl sites for hydroxylation is 1. The highest BCUT2D eigenvalue weighted by Crippen LogP contribution is 2.48. The number of nitrogens with one attached hydrogen (secondary N) is 1. The van der Waals surface area contributed by atoms with E-state index in [4.69, 9.17) is 4.74 Å². The van der Waals surface area contributed by atoms with Gasteiger partial charge in [-0.1, -0.05) is 39.8 Å². The van der Waals surface area contributed by atoms with Gasteiger partial charge in [-0.3, -0.25) is 19.7 Å². The number of imide groups is 1. The lowest BCUT2D eigenvalue weighted by atomic mass is 9.62. The zero-order valence-corrected chi connectivity index (χ0v) is 20.7. The van der Waals surface area contributed by atoms with Gasteiger partial charge in [0.05, 0.1) is 4.91 Å². The average Bonchev–Trinajstić information content (AvgIpc) is 3.03. The van der Waals surface area contributed by atoms with Crippen molar-refractivity contribution in [1.29, 1.82) is 0 Å². The third-order valence-electron chi connectivity index (χ3n) is 6.69. The van der Waals surface area contributed by atoms with Crippen LogP contribution in [0.15, 0.2) is 35.2 Å². The summed E-state index contributed by atoms with van der Waals surface area (Å²) < 4.78 is 5.56. The van der Waals surface area contributed by atoms with Crippen molar-refractivity contribution < 1.29 is 19.1 Å². The van der Waals surface area contributed by atoms with E-state index >= 15 is 0 Å². The molecule has 172 valence electrons. The number of esters is 1. The van der Waals surface area contributed by atoms with Crippen molar-refractivity contribution in [2.75, 3.05) is 0 Å². The van der Waals surface area contributed by atoms with Gasteiger partial charge < -0.3 is 4.74 Å². The predicted molar refractivity (Wildman–Crippen MR) is 132 cm³/mol. The van der Waals surface area contributed by atoms with Gasteiger partial charge in [0, 0.05) is 12.5 Å². The number of ether oxygens (including phenoxy) is 1. The molecule has 1 saturated heterocycles. The lowest BCUT2D eigenvalue weighted by Crippen LogP contribution is -2.34. The molecule has 0 bridgehead atoms. The van der Waals surface area contributed by atoms with Crippen LogP contribution < -0.4 is 10.1 Å². The molecule has 2 amide bonds. The molecule has 0 aromatic heterocycles. The number of hydrogen-bond acceptors (Lipinski definition) is 5. The van der Waals surface area contributed by atoms with Crippen LogP contribution in [0.25, 0.3) is 17.2 Å². The van der Waals surface area contributed by atoms with Gasteiger partial charge in [0.1, 0.15) is 5.75 Å². The molecule has 2 aliphatic rings. The first-order valence-corrected chi connectivity index (χ1v) is 11.9. The molecule has 0 unspecified atom stereocenters. The number of benzene rings is 2. The van der Waals surface area contributed by atoms with E-state index in [0.717, 1.165) is 46.9 Å². The molecule has 6 heteroatoms. The van der Waals surface area contributed by atoms with Crippen LogP contribution in [0.4, 0.5) is 4.79 Å². The zero-order valence-electron chi connectivity index (χ0n) is 19.9. The van der Waals surface area contributed by atoms with Gasteiger partial charge in [-0.15, -0.1) is 0 Å². The van der Waals surface area contributed by atoms with Gasteiger partial charge in [0.2, 0.25) is 0 Å². The van der Waals surface area contributed by atoms with Gasteiger partial charge in [-0.05, 0) is 94.4 Å².